The Hall–Kier alpha value is -1.07. The Morgan fingerprint density at radius 1 is 1.43 bits per heavy atom. The lowest BCUT2D eigenvalue weighted by molar-refractivity contribution is 0.555. The number of nitrogen functional groups attached to an aromatic ring is 1. The van der Waals surface area contributed by atoms with Gasteiger partial charge < -0.3 is 10.2 Å². The third kappa shape index (κ3) is 1.60. The number of nitrogens with two attached hydrogens (primary N) is 1. The van der Waals surface area contributed by atoms with Crippen LogP contribution in [0, 0.1) is 0 Å². The van der Waals surface area contributed by atoms with E-state index in [2.05, 4.69) is 26.1 Å². The van der Waals surface area contributed by atoms with E-state index in [1.165, 1.54) is 6.20 Å². The van der Waals surface area contributed by atoms with E-state index in [-0.39, 0.29) is 5.15 Å². The molecule has 4 nitrogen and oxygen atoms in total. The van der Waals surface area contributed by atoms with Gasteiger partial charge in [0.05, 0.1) is 17.4 Å². The molecule has 72 valence electrons. The van der Waals surface area contributed by atoms with Crippen LogP contribution in [0.5, 0.6) is 0 Å². The molecule has 6 heteroatoms. The number of nitrogens with zero attached hydrogens (tertiary/aromatic N) is 2. The summed E-state index contributed by atoms with van der Waals surface area (Å²) in [7, 11) is 0. The predicted octanol–water partition coefficient (Wildman–Crippen LogP) is 2.73. The van der Waals surface area contributed by atoms with Crippen molar-refractivity contribution in [2.75, 3.05) is 5.73 Å². The average Bonchev–Trinajstić information content (AvgIpc) is 2.57. The first-order valence-corrected chi connectivity index (χ1v) is 4.88. The fourth-order valence-electron chi connectivity index (χ4n) is 1.03. The molecule has 2 N–H and O–H groups in total. The van der Waals surface area contributed by atoms with E-state index in [1.807, 2.05) is 0 Å². The molecule has 0 unspecified atom stereocenters. The Morgan fingerprint density at radius 2 is 2.21 bits per heavy atom. The van der Waals surface area contributed by atoms with Crippen molar-refractivity contribution < 1.29 is 4.42 Å². The predicted molar refractivity (Wildman–Crippen MR) is 56.9 cm³/mol. The summed E-state index contributed by atoms with van der Waals surface area (Å²) in [6.07, 6.45) is 1.51. The minimum absolute atomic E-state index is 0.176. The first-order chi connectivity index (χ1) is 6.68. The maximum atomic E-state index is 5.72. The largest absolute Gasteiger partial charge is 0.449 e. The second kappa shape index (κ2) is 3.59. The van der Waals surface area contributed by atoms with Crippen LogP contribution in [0.1, 0.15) is 0 Å². The molecule has 0 atom stereocenters. The van der Waals surface area contributed by atoms with Crippen molar-refractivity contribution in [3.63, 3.8) is 0 Å². The van der Waals surface area contributed by atoms with Gasteiger partial charge >= 0.3 is 0 Å². The molecule has 2 aromatic rings. The summed E-state index contributed by atoms with van der Waals surface area (Å²) in [6, 6.07) is 3.54. The molecule has 0 saturated heterocycles. The zero-order valence-corrected chi connectivity index (χ0v) is 9.21. The molecule has 0 spiro atoms. The zero-order valence-electron chi connectivity index (χ0n) is 6.87. The van der Waals surface area contributed by atoms with Crippen LogP contribution < -0.4 is 5.73 Å². The van der Waals surface area contributed by atoms with Gasteiger partial charge in [-0.3, -0.25) is 0 Å². The van der Waals surface area contributed by atoms with Gasteiger partial charge in [-0.15, -0.1) is 5.10 Å². The van der Waals surface area contributed by atoms with Crippen LogP contribution in [0.4, 0.5) is 5.69 Å². The molecule has 0 amide bonds. The van der Waals surface area contributed by atoms with E-state index in [9.17, 15) is 0 Å². The van der Waals surface area contributed by atoms with Gasteiger partial charge in [-0.1, -0.05) is 11.6 Å². The SMILES string of the molecule is Nc1c(-c2ccc(Br)o2)cnnc1Cl. The maximum Gasteiger partial charge on any atom is 0.175 e. The lowest BCUT2D eigenvalue weighted by Crippen LogP contribution is -1.94. The molecule has 2 rings (SSSR count). The standard InChI is InChI=1S/C8H5BrClN3O/c9-6-2-1-5(14-6)4-3-12-13-8(10)7(4)11/h1-3H,(H2,11,12). The van der Waals surface area contributed by atoms with Gasteiger partial charge in [-0.2, -0.15) is 5.10 Å². The first kappa shape index (κ1) is 9.48. The van der Waals surface area contributed by atoms with Crippen molar-refractivity contribution in [2.24, 2.45) is 0 Å². The number of furan rings is 1. The summed E-state index contributed by atoms with van der Waals surface area (Å²) < 4.78 is 5.94. The second-order valence-corrected chi connectivity index (χ2v) is 3.71. The molecule has 14 heavy (non-hydrogen) atoms. The lowest BCUT2D eigenvalue weighted by atomic mass is 10.2. The highest BCUT2D eigenvalue weighted by Gasteiger charge is 2.10. The fourth-order valence-corrected chi connectivity index (χ4v) is 1.48. The summed E-state index contributed by atoms with van der Waals surface area (Å²) >= 11 is 8.91. The quantitative estimate of drug-likeness (QED) is 0.868. The number of halogens is 2. The highest BCUT2D eigenvalue weighted by atomic mass is 79.9. The lowest BCUT2D eigenvalue weighted by Gasteiger charge is -2.01. The maximum absolute atomic E-state index is 5.72. The van der Waals surface area contributed by atoms with E-state index in [0.29, 0.717) is 21.7 Å². The molecule has 2 heterocycles. The van der Waals surface area contributed by atoms with Gasteiger partial charge in [-0.25, -0.2) is 0 Å². The van der Waals surface area contributed by atoms with Gasteiger partial charge in [0.15, 0.2) is 9.82 Å². The van der Waals surface area contributed by atoms with E-state index in [1.54, 1.807) is 12.1 Å². The normalized spacial score (nSPS) is 10.4. The van der Waals surface area contributed by atoms with Crippen molar-refractivity contribution in [3.8, 4) is 11.3 Å². The van der Waals surface area contributed by atoms with Crippen LogP contribution in [0.15, 0.2) is 27.4 Å². The van der Waals surface area contributed by atoms with E-state index < -0.39 is 0 Å². The Labute approximate surface area is 93.2 Å². The second-order valence-electron chi connectivity index (χ2n) is 2.57. The van der Waals surface area contributed by atoms with Crippen molar-refractivity contribution in [2.45, 2.75) is 0 Å². The van der Waals surface area contributed by atoms with Gasteiger partial charge in [0, 0.05) is 0 Å². The van der Waals surface area contributed by atoms with Gasteiger partial charge in [0.2, 0.25) is 0 Å². The van der Waals surface area contributed by atoms with Crippen LogP contribution in [0.25, 0.3) is 11.3 Å². The Morgan fingerprint density at radius 3 is 2.86 bits per heavy atom. The van der Waals surface area contributed by atoms with Gasteiger partial charge in [-0.05, 0) is 28.1 Å². The Kier molecular flexibility index (Phi) is 2.43. The third-order valence-electron chi connectivity index (χ3n) is 1.68. The monoisotopic (exact) mass is 273 g/mol. The Balaban J connectivity index is 2.57. The van der Waals surface area contributed by atoms with E-state index >= 15 is 0 Å². The van der Waals surface area contributed by atoms with Crippen LogP contribution in [-0.2, 0) is 0 Å². The topological polar surface area (TPSA) is 64.9 Å². The van der Waals surface area contributed by atoms with Crippen LogP contribution >= 0.6 is 27.5 Å². The minimum atomic E-state index is 0.176. The molecule has 0 aliphatic heterocycles. The molecular formula is C8H5BrClN3O. The van der Waals surface area contributed by atoms with Gasteiger partial charge in [0.25, 0.3) is 0 Å². The fraction of sp³-hybridized carbons (Fsp3) is 0. The van der Waals surface area contributed by atoms with Crippen LogP contribution in [-0.4, -0.2) is 10.2 Å². The zero-order chi connectivity index (χ0) is 10.1. The summed E-state index contributed by atoms with van der Waals surface area (Å²) in [5.41, 5.74) is 6.71. The Bertz CT molecular complexity index is 471. The van der Waals surface area contributed by atoms with Gasteiger partial charge in [0.1, 0.15) is 5.76 Å². The third-order valence-corrected chi connectivity index (χ3v) is 2.39. The van der Waals surface area contributed by atoms with Crippen molar-refractivity contribution in [1.82, 2.24) is 10.2 Å². The molecule has 0 aliphatic carbocycles. The molecule has 0 fully saturated rings. The van der Waals surface area contributed by atoms with Crippen molar-refractivity contribution in [3.05, 3.63) is 28.2 Å². The molecule has 2 aromatic heterocycles. The van der Waals surface area contributed by atoms with E-state index in [0.717, 1.165) is 0 Å². The smallest absolute Gasteiger partial charge is 0.175 e. The highest BCUT2D eigenvalue weighted by molar-refractivity contribution is 9.10. The molecule has 0 radical (unpaired) electrons. The number of rotatable bonds is 1. The number of hydrogen-bond donors (Lipinski definition) is 1. The summed E-state index contributed by atoms with van der Waals surface area (Å²) in [5, 5.41) is 7.48. The summed E-state index contributed by atoms with van der Waals surface area (Å²) in [6.45, 7) is 0. The van der Waals surface area contributed by atoms with Crippen molar-refractivity contribution >= 4 is 33.2 Å². The van der Waals surface area contributed by atoms with Crippen LogP contribution in [0.3, 0.4) is 0 Å². The number of aromatic nitrogens is 2. The van der Waals surface area contributed by atoms with E-state index in [4.69, 9.17) is 21.8 Å². The minimum Gasteiger partial charge on any atom is -0.449 e. The molecule has 0 bridgehead atoms. The highest BCUT2D eigenvalue weighted by Crippen LogP contribution is 2.31. The van der Waals surface area contributed by atoms with Crippen LogP contribution in [0.2, 0.25) is 5.15 Å². The summed E-state index contributed by atoms with van der Waals surface area (Å²) in [4.78, 5) is 0. The molecule has 0 saturated carbocycles. The first-order valence-electron chi connectivity index (χ1n) is 3.71. The number of anilines is 1. The molecule has 0 aromatic carbocycles. The number of hydrogen-bond acceptors (Lipinski definition) is 4. The van der Waals surface area contributed by atoms with Crippen molar-refractivity contribution in [1.29, 1.82) is 0 Å². The summed E-state index contributed by atoms with van der Waals surface area (Å²) in [5.74, 6) is 0.603. The molecular weight excluding hydrogens is 269 g/mol. The molecule has 0 aliphatic rings. The average molecular weight is 275 g/mol.